The number of nitrogens with one attached hydrogen (secondary N) is 1. The first-order valence-electron chi connectivity index (χ1n) is 9.23. The van der Waals surface area contributed by atoms with E-state index in [2.05, 4.69) is 10.3 Å². The zero-order valence-electron chi connectivity index (χ0n) is 16.7. The van der Waals surface area contributed by atoms with Gasteiger partial charge in [0.25, 0.3) is 5.91 Å². The Kier molecular flexibility index (Phi) is 6.95. The second kappa shape index (κ2) is 9.62. The Labute approximate surface area is 173 Å². The minimum Gasteiger partial charge on any atom is -0.616 e. The molecule has 3 rings (SSSR count). The summed E-state index contributed by atoms with van der Waals surface area (Å²) >= 11 is -1.39. The zero-order valence-corrected chi connectivity index (χ0v) is 17.5. The molecule has 6 nitrogen and oxygen atoms in total. The van der Waals surface area contributed by atoms with Crippen LogP contribution in [0.25, 0.3) is 11.5 Å². The predicted molar refractivity (Wildman–Crippen MR) is 113 cm³/mol. The fourth-order valence-electron chi connectivity index (χ4n) is 2.91. The number of ether oxygens (including phenoxy) is 1. The quantitative estimate of drug-likeness (QED) is 0.572. The van der Waals surface area contributed by atoms with E-state index in [9.17, 15) is 9.35 Å². The van der Waals surface area contributed by atoms with E-state index < -0.39 is 11.2 Å². The molecule has 152 valence electrons. The molecule has 7 heteroatoms. The van der Waals surface area contributed by atoms with E-state index in [-0.39, 0.29) is 17.4 Å². The van der Waals surface area contributed by atoms with E-state index in [0.717, 1.165) is 16.7 Å². The van der Waals surface area contributed by atoms with Gasteiger partial charge >= 0.3 is 0 Å². The highest BCUT2D eigenvalue weighted by atomic mass is 32.2. The number of amides is 1. The lowest BCUT2D eigenvalue weighted by molar-refractivity contribution is -0.118. The first-order valence-corrected chi connectivity index (χ1v) is 10.7. The molecule has 1 atom stereocenters. The maximum Gasteiger partial charge on any atom is 0.270 e. The van der Waals surface area contributed by atoms with Gasteiger partial charge in [-0.1, -0.05) is 35.9 Å². The van der Waals surface area contributed by atoms with Gasteiger partial charge in [0.1, 0.15) is 17.2 Å². The van der Waals surface area contributed by atoms with Gasteiger partial charge in [-0.15, -0.1) is 0 Å². The number of methoxy groups -OCH3 is 1. The lowest BCUT2D eigenvalue weighted by Gasteiger charge is -2.11. The van der Waals surface area contributed by atoms with Gasteiger partial charge < -0.3 is 19.0 Å². The van der Waals surface area contributed by atoms with Crippen molar-refractivity contribution in [3.8, 4) is 17.2 Å². The van der Waals surface area contributed by atoms with Crippen LogP contribution < -0.4 is 10.1 Å². The third-order valence-electron chi connectivity index (χ3n) is 4.42. The maximum absolute atomic E-state index is 12.5. The van der Waals surface area contributed by atoms with E-state index in [1.54, 1.807) is 14.0 Å². The van der Waals surface area contributed by atoms with E-state index in [1.165, 1.54) is 0 Å². The largest absolute Gasteiger partial charge is 0.616 e. The van der Waals surface area contributed by atoms with Gasteiger partial charge in [-0.3, -0.25) is 4.79 Å². The Bertz CT molecular complexity index is 986. The molecule has 0 radical (unpaired) electrons. The fourth-order valence-corrected chi connectivity index (χ4v) is 3.98. The number of carbonyl (C=O) groups excluding carboxylic acids is 1. The summed E-state index contributed by atoms with van der Waals surface area (Å²) in [5.74, 6) is 1.61. The minimum absolute atomic E-state index is 0.0960. The number of oxazole rings is 1. The molecule has 1 heterocycles. The molecule has 29 heavy (non-hydrogen) atoms. The molecule has 1 unspecified atom stereocenters. The van der Waals surface area contributed by atoms with Gasteiger partial charge in [0.05, 0.1) is 7.11 Å². The summed E-state index contributed by atoms with van der Waals surface area (Å²) in [6.07, 6.45) is 0. The van der Waals surface area contributed by atoms with Crippen LogP contribution in [0.4, 0.5) is 0 Å². The normalized spacial score (nSPS) is 11.9. The maximum atomic E-state index is 12.5. The Morgan fingerprint density at radius 2 is 2.00 bits per heavy atom. The number of aromatic nitrogens is 1. The van der Waals surface area contributed by atoms with Crippen molar-refractivity contribution in [2.24, 2.45) is 0 Å². The summed E-state index contributed by atoms with van der Waals surface area (Å²) < 4.78 is 23.5. The van der Waals surface area contributed by atoms with Gasteiger partial charge in [-0.05, 0) is 43.2 Å². The number of hydrogen-bond acceptors (Lipinski definition) is 5. The number of carbonyl (C=O) groups is 1. The van der Waals surface area contributed by atoms with Crippen molar-refractivity contribution < 1.29 is 18.5 Å². The first kappa shape index (κ1) is 21.0. The molecule has 0 fully saturated rings. The number of nitrogens with zero attached hydrogens (tertiary/aromatic N) is 1. The number of aryl methyl sites for hydroxylation is 2. The molecular formula is C22H24N2O4S. The number of hydrogen-bond donors (Lipinski definition) is 1. The third-order valence-corrected chi connectivity index (χ3v) is 5.60. The smallest absolute Gasteiger partial charge is 0.270 e. The minimum atomic E-state index is -1.39. The zero-order chi connectivity index (χ0) is 20.8. The van der Waals surface area contributed by atoms with Crippen LogP contribution in [-0.4, -0.2) is 28.3 Å². The summed E-state index contributed by atoms with van der Waals surface area (Å²) in [6.45, 7) is 4.11. The molecule has 0 aliphatic carbocycles. The summed E-state index contributed by atoms with van der Waals surface area (Å²) in [7, 11) is 1.58. The molecule has 3 aromatic rings. The van der Waals surface area contributed by atoms with E-state index in [1.807, 2.05) is 55.5 Å². The topological polar surface area (TPSA) is 87.4 Å². The molecule has 0 saturated carbocycles. The second-order valence-corrected chi connectivity index (χ2v) is 8.17. The van der Waals surface area contributed by atoms with E-state index in [4.69, 9.17) is 9.15 Å². The van der Waals surface area contributed by atoms with Crippen molar-refractivity contribution in [2.45, 2.75) is 26.1 Å². The third kappa shape index (κ3) is 5.62. The highest BCUT2D eigenvalue weighted by Gasteiger charge is 2.20. The van der Waals surface area contributed by atoms with Gasteiger partial charge in [-0.25, -0.2) is 4.98 Å². The van der Waals surface area contributed by atoms with Gasteiger partial charge in [-0.2, -0.15) is 0 Å². The summed E-state index contributed by atoms with van der Waals surface area (Å²) in [4.78, 5) is 16.7. The molecule has 0 saturated heterocycles. The fraction of sp³-hybridized carbons (Fsp3) is 0.273. The lowest BCUT2D eigenvalue weighted by Crippen LogP contribution is -2.30. The van der Waals surface area contributed by atoms with Crippen molar-refractivity contribution in [3.05, 3.63) is 71.1 Å². The Morgan fingerprint density at radius 3 is 2.76 bits per heavy atom. The van der Waals surface area contributed by atoms with Crippen LogP contribution in [0.1, 0.15) is 22.6 Å². The van der Waals surface area contributed by atoms with Crippen LogP contribution in [0.3, 0.4) is 0 Å². The molecule has 1 aromatic heterocycles. The summed E-state index contributed by atoms with van der Waals surface area (Å²) in [5.41, 5.74) is 3.46. The van der Waals surface area contributed by atoms with Crippen molar-refractivity contribution in [1.82, 2.24) is 10.3 Å². The molecular weight excluding hydrogens is 388 g/mol. The Morgan fingerprint density at radius 1 is 1.21 bits per heavy atom. The van der Waals surface area contributed by atoms with Crippen LogP contribution in [0.5, 0.6) is 5.75 Å². The second-order valence-electron chi connectivity index (χ2n) is 6.71. The van der Waals surface area contributed by atoms with Crippen molar-refractivity contribution in [2.75, 3.05) is 12.9 Å². The molecule has 0 bridgehead atoms. The molecule has 0 spiro atoms. The van der Waals surface area contributed by atoms with Gasteiger partial charge in [0.15, 0.2) is 11.5 Å². The van der Waals surface area contributed by atoms with Crippen LogP contribution in [0, 0.1) is 13.8 Å². The average Bonchev–Trinajstić information content (AvgIpc) is 3.06. The monoisotopic (exact) mass is 412 g/mol. The first-order chi connectivity index (χ1) is 14.0. The van der Waals surface area contributed by atoms with Crippen molar-refractivity contribution in [1.29, 1.82) is 0 Å². The van der Waals surface area contributed by atoms with Crippen LogP contribution in [-0.2, 0) is 28.3 Å². The lowest BCUT2D eigenvalue weighted by atomic mass is 10.1. The highest BCUT2D eigenvalue weighted by Crippen LogP contribution is 2.24. The SMILES string of the molecule is COc1ccccc1CNC(=O)C[S+]([O-])Cc1nc(-c2cccc(C)c2)oc1C. The molecule has 1 N–H and O–H groups in total. The van der Waals surface area contributed by atoms with E-state index >= 15 is 0 Å². The Hall–Kier alpha value is -2.77. The predicted octanol–water partition coefficient (Wildman–Crippen LogP) is 3.53. The average molecular weight is 413 g/mol. The number of rotatable bonds is 8. The molecule has 0 aliphatic rings. The molecule has 0 aliphatic heterocycles. The van der Waals surface area contributed by atoms with Gasteiger partial charge in [0.2, 0.25) is 5.89 Å². The number of para-hydroxylation sites is 1. The molecule has 2 aromatic carbocycles. The van der Waals surface area contributed by atoms with Crippen LogP contribution in [0.2, 0.25) is 0 Å². The highest BCUT2D eigenvalue weighted by molar-refractivity contribution is 7.91. The standard InChI is InChI=1S/C22H24N2O4S/c1-15-7-6-9-17(11-15)22-24-19(16(2)28-22)13-29(26)14-21(25)23-12-18-8-4-5-10-20(18)27-3/h4-11H,12-14H2,1-3H3,(H,23,25). The van der Waals surface area contributed by atoms with Crippen LogP contribution >= 0.6 is 0 Å². The Balaban J connectivity index is 1.56. The summed E-state index contributed by atoms with van der Waals surface area (Å²) in [5, 5.41) is 2.79. The van der Waals surface area contributed by atoms with Crippen LogP contribution in [0.15, 0.2) is 52.9 Å². The van der Waals surface area contributed by atoms with Crippen molar-refractivity contribution >= 4 is 17.1 Å². The van der Waals surface area contributed by atoms with Gasteiger partial charge in [0, 0.05) is 17.7 Å². The summed E-state index contributed by atoms with van der Waals surface area (Å²) in [6, 6.07) is 15.3. The number of benzene rings is 2. The van der Waals surface area contributed by atoms with E-state index in [0.29, 0.717) is 29.6 Å². The molecule has 1 amide bonds. The van der Waals surface area contributed by atoms with Crippen molar-refractivity contribution in [3.63, 3.8) is 0 Å².